The number of carbonyl (C=O) groups is 1. The van der Waals surface area contributed by atoms with Crippen LogP contribution >= 0.6 is 0 Å². The molecule has 0 bridgehead atoms. The van der Waals surface area contributed by atoms with E-state index in [9.17, 15) is 9.90 Å². The summed E-state index contributed by atoms with van der Waals surface area (Å²) in [6, 6.07) is 0. The van der Waals surface area contributed by atoms with E-state index in [0.717, 1.165) is 0 Å². The molecule has 0 spiro atoms. The Hall–Kier alpha value is -1.09. The highest BCUT2D eigenvalue weighted by Gasteiger charge is 2.13. The Morgan fingerprint density at radius 2 is 2.33 bits per heavy atom. The van der Waals surface area contributed by atoms with Crippen LogP contribution in [0, 0.1) is 12.3 Å². The minimum absolute atomic E-state index is 0.173. The van der Waals surface area contributed by atoms with Crippen LogP contribution < -0.4 is 0 Å². The number of aliphatic hydroxyl groups excluding tert-OH is 1. The van der Waals surface area contributed by atoms with E-state index in [2.05, 4.69) is 5.92 Å². The van der Waals surface area contributed by atoms with Crippen molar-refractivity contribution in [1.82, 2.24) is 4.90 Å². The van der Waals surface area contributed by atoms with Gasteiger partial charge in [-0.1, -0.05) is 5.92 Å². The zero-order valence-corrected chi connectivity index (χ0v) is 8.85. The number of hydrogen-bond donors (Lipinski definition) is 2. The summed E-state index contributed by atoms with van der Waals surface area (Å²) in [5.74, 6) is 1.38. The van der Waals surface area contributed by atoms with E-state index in [0.29, 0.717) is 6.61 Å². The first-order valence-electron chi connectivity index (χ1n) is 4.73. The Morgan fingerprint density at radius 1 is 1.67 bits per heavy atom. The van der Waals surface area contributed by atoms with Crippen molar-refractivity contribution in [3.63, 3.8) is 0 Å². The first-order chi connectivity index (χ1) is 7.10. The second kappa shape index (κ2) is 8.24. The summed E-state index contributed by atoms with van der Waals surface area (Å²) in [6.45, 7) is 2.77. The molecule has 5 heteroatoms. The molecule has 0 aliphatic rings. The van der Waals surface area contributed by atoms with Gasteiger partial charge in [0.05, 0.1) is 25.8 Å². The normalized spacial score (nSPS) is 12.4. The van der Waals surface area contributed by atoms with Crippen molar-refractivity contribution in [3.05, 3.63) is 0 Å². The van der Waals surface area contributed by atoms with E-state index in [1.54, 1.807) is 0 Å². The monoisotopic (exact) mass is 215 g/mol. The number of nitrogens with zero attached hydrogens (tertiary/aromatic N) is 1. The van der Waals surface area contributed by atoms with E-state index in [1.807, 2.05) is 6.92 Å². The molecule has 0 saturated heterocycles. The summed E-state index contributed by atoms with van der Waals surface area (Å²) in [6.07, 6.45) is 4.37. The number of ether oxygens (including phenoxy) is 1. The number of rotatable bonds is 8. The van der Waals surface area contributed by atoms with Gasteiger partial charge in [-0.15, -0.1) is 6.42 Å². The summed E-state index contributed by atoms with van der Waals surface area (Å²) < 4.78 is 5.00. The van der Waals surface area contributed by atoms with Crippen LogP contribution in [0.1, 0.15) is 6.92 Å². The highest BCUT2D eigenvalue weighted by atomic mass is 16.5. The third-order valence-electron chi connectivity index (χ3n) is 1.66. The fourth-order valence-corrected chi connectivity index (χ4v) is 1.11. The van der Waals surface area contributed by atoms with Gasteiger partial charge in [0.25, 0.3) is 0 Å². The standard InChI is InChI=1S/C10H17NO4/c1-3-5-11(7-10(13)14)6-9(12)8-15-4-2/h1,9,12H,4-8H2,2H3,(H,13,14). The van der Waals surface area contributed by atoms with Gasteiger partial charge in [0.2, 0.25) is 0 Å². The number of carboxylic acids is 1. The van der Waals surface area contributed by atoms with Crippen LogP contribution in [0.25, 0.3) is 0 Å². The van der Waals surface area contributed by atoms with Crippen molar-refractivity contribution < 1.29 is 19.7 Å². The van der Waals surface area contributed by atoms with Crippen molar-refractivity contribution in [3.8, 4) is 12.3 Å². The van der Waals surface area contributed by atoms with Gasteiger partial charge in [0, 0.05) is 13.2 Å². The molecule has 86 valence electrons. The zero-order valence-electron chi connectivity index (χ0n) is 8.85. The fourth-order valence-electron chi connectivity index (χ4n) is 1.11. The van der Waals surface area contributed by atoms with Crippen LogP contribution in [0.3, 0.4) is 0 Å². The molecule has 0 saturated carbocycles. The molecule has 2 N–H and O–H groups in total. The van der Waals surface area contributed by atoms with E-state index in [1.165, 1.54) is 4.90 Å². The topological polar surface area (TPSA) is 70.0 Å². The Morgan fingerprint density at radius 3 is 2.80 bits per heavy atom. The van der Waals surface area contributed by atoms with Gasteiger partial charge < -0.3 is 14.9 Å². The quantitative estimate of drug-likeness (QED) is 0.529. The number of aliphatic carboxylic acids is 1. The summed E-state index contributed by atoms with van der Waals surface area (Å²) in [5.41, 5.74) is 0. The molecule has 1 atom stereocenters. The molecule has 0 aromatic rings. The third-order valence-corrected chi connectivity index (χ3v) is 1.66. The summed E-state index contributed by atoms with van der Waals surface area (Å²) in [5, 5.41) is 18.0. The minimum Gasteiger partial charge on any atom is -0.480 e. The van der Waals surface area contributed by atoms with Crippen LogP contribution in [0.2, 0.25) is 0 Å². The lowest BCUT2D eigenvalue weighted by molar-refractivity contribution is -0.138. The Bertz CT molecular complexity index is 224. The predicted octanol–water partition coefficient (Wildman–Crippen LogP) is -0.596. The van der Waals surface area contributed by atoms with Crippen molar-refractivity contribution >= 4 is 5.97 Å². The van der Waals surface area contributed by atoms with Crippen molar-refractivity contribution in [1.29, 1.82) is 0 Å². The van der Waals surface area contributed by atoms with Gasteiger partial charge in [-0.3, -0.25) is 9.69 Å². The SMILES string of the molecule is C#CCN(CC(=O)O)CC(O)COCC. The van der Waals surface area contributed by atoms with Gasteiger partial charge in [-0.25, -0.2) is 0 Å². The molecule has 0 rings (SSSR count). The fraction of sp³-hybridized carbons (Fsp3) is 0.700. The average molecular weight is 215 g/mol. The maximum absolute atomic E-state index is 10.5. The molecule has 0 fully saturated rings. The van der Waals surface area contributed by atoms with Crippen LogP contribution in [0.15, 0.2) is 0 Å². The Labute approximate surface area is 89.6 Å². The van der Waals surface area contributed by atoms with E-state index >= 15 is 0 Å². The lowest BCUT2D eigenvalue weighted by atomic mass is 10.3. The van der Waals surface area contributed by atoms with E-state index < -0.39 is 12.1 Å². The van der Waals surface area contributed by atoms with Crippen LogP contribution in [-0.4, -0.2) is 60.0 Å². The first kappa shape index (κ1) is 13.9. The maximum atomic E-state index is 10.5. The second-order valence-electron chi connectivity index (χ2n) is 3.08. The van der Waals surface area contributed by atoms with E-state index in [-0.39, 0.29) is 26.2 Å². The zero-order chi connectivity index (χ0) is 11.7. The summed E-state index contributed by atoms with van der Waals surface area (Å²) in [7, 11) is 0. The molecule has 0 aliphatic heterocycles. The van der Waals surface area contributed by atoms with Gasteiger partial charge >= 0.3 is 5.97 Å². The molecular weight excluding hydrogens is 198 g/mol. The molecule has 0 radical (unpaired) electrons. The third kappa shape index (κ3) is 7.94. The van der Waals surface area contributed by atoms with Crippen LogP contribution in [0.4, 0.5) is 0 Å². The molecule has 5 nitrogen and oxygen atoms in total. The average Bonchev–Trinajstić information content (AvgIpc) is 2.14. The number of carboxylic acid groups (broad SMARTS) is 1. The molecule has 0 amide bonds. The van der Waals surface area contributed by atoms with Gasteiger partial charge in [0.1, 0.15) is 0 Å². The summed E-state index contributed by atoms with van der Waals surface area (Å²) in [4.78, 5) is 11.9. The molecule has 0 aromatic carbocycles. The molecule has 0 aliphatic carbocycles. The largest absolute Gasteiger partial charge is 0.480 e. The smallest absolute Gasteiger partial charge is 0.317 e. The molecule has 0 heterocycles. The molecule has 1 unspecified atom stereocenters. The molecular formula is C10H17NO4. The Balaban J connectivity index is 3.93. The Kier molecular flexibility index (Phi) is 7.64. The van der Waals surface area contributed by atoms with Crippen LogP contribution in [0.5, 0.6) is 0 Å². The lowest BCUT2D eigenvalue weighted by Gasteiger charge is -2.20. The number of hydrogen-bond acceptors (Lipinski definition) is 4. The van der Waals surface area contributed by atoms with Gasteiger partial charge in [-0.05, 0) is 6.92 Å². The lowest BCUT2D eigenvalue weighted by Crippen LogP contribution is -2.38. The highest BCUT2D eigenvalue weighted by Crippen LogP contribution is 1.93. The van der Waals surface area contributed by atoms with Crippen molar-refractivity contribution in [2.45, 2.75) is 13.0 Å². The van der Waals surface area contributed by atoms with Gasteiger partial charge in [-0.2, -0.15) is 0 Å². The maximum Gasteiger partial charge on any atom is 0.317 e. The summed E-state index contributed by atoms with van der Waals surface area (Å²) >= 11 is 0. The number of aliphatic hydroxyl groups is 1. The van der Waals surface area contributed by atoms with E-state index in [4.69, 9.17) is 16.3 Å². The van der Waals surface area contributed by atoms with Crippen molar-refractivity contribution in [2.24, 2.45) is 0 Å². The molecule has 15 heavy (non-hydrogen) atoms. The minimum atomic E-state index is -0.964. The highest BCUT2D eigenvalue weighted by molar-refractivity contribution is 5.69. The van der Waals surface area contributed by atoms with Crippen LogP contribution in [-0.2, 0) is 9.53 Å². The van der Waals surface area contributed by atoms with Crippen molar-refractivity contribution in [2.75, 3.05) is 32.8 Å². The second-order valence-corrected chi connectivity index (χ2v) is 3.08. The predicted molar refractivity (Wildman–Crippen MR) is 55.4 cm³/mol. The van der Waals surface area contributed by atoms with Gasteiger partial charge in [0.15, 0.2) is 0 Å². The molecule has 0 aromatic heterocycles. The first-order valence-corrected chi connectivity index (χ1v) is 4.73. The number of terminal acetylenes is 1.